The Balaban J connectivity index is 1.95. The summed E-state index contributed by atoms with van der Waals surface area (Å²) < 4.78 is 2.80. The van der Waals surface area contributed by atoms with Gasteiger partial charge in [0.2, 0.25) is 5.95 Å². The Morgan fingerprint density at radius 2 is 2.32 bits per heavy atom. The predicted molar refractivity (Wildman–Crippen MR) is 79.3 cm³/mol. The SMILES string of the molecule is NCCC1CCCCN1c1nc2c(Br)cccn2n1. The number of hydrogen-bond donors (Lipinski definition) is 1. The third kappa shape index (κ3) is 2.47. The molecule has 1 unspecified atom stereocenters. The molecule has 5 nitrogen and oxygen atoms in total. The maximum atomic E-state index is 5.72. The highest BCUT2D eigenvalue weighted by atomic mass is 79.9. The molecular weight excluding hydrogens is 306 g/mol. The average Bonchev–Trinajstić information content (AvgIpc) is 2.85. The van der Waals surface area contributed by atoms with E-state index in [9.17, 15) is 0 Å². The molecule has 0 saturated carbocycles. The quantitative estimate of drug-likeness (QED) is 0.940. The molecule has 0 radical (unpaired) electrons. The minimum atomic E-state index is 0.481. The van der Waals surface area contributed by atoms with Crippen LogP contribution in [0.4, 0.5) is 5.95 Å². The molecule has 1 aliphatic rings. The number of fused-ring (bicyclic) bond motifs is 1. The van der Waals surface area contributed by atoms with Crippen molar-refractivity contribution in [3.8, 4) is 0 Å². The van der Waals surface area contributed by atoms with E-state index in [2.05, 4.69) is 30.9 Å². The first kappa shape index (κ1) is 12.9. The maximum Gasteiger partial charge on any atom is 0.245 e. The van der Waals surface area contributed by atoms with Crippen molar-refractivity contribution < 1.29 is 0 Å². The van der Waals surface area contributed by atoms with Gasteiger partial charge in [-0.3, -0.25) is 0 Å². The molecule has 0 aromatic carbocycles. The van der Waals surface area contributed by atoms with Crippen LogP contribution in [0.15, 0.2) is 22.8 Å². The Labute approximate surface area is 120 Å². The molecule has 0 amide bonds. The van der Waals surface area contributed by atoms with Gasteiger partial charge in [0.05, 0.1) is 4.47 Å². The van der Waals surface area contributed by atoms with Gasteiger partial charge in [-0.25, -0.2) is 4.52 Å². The highest BCUT2D eigenvalue weighted by Gasteiger charge is 2.25. The first-order valence-electron chi connectivity index (χ1n) is 6.77. The number of rotatable bonds is 3. The number of anilines is 1. The molecule has 0 spiro atoms. The van der Waals surface area contributed by atoms with Crippen molar-refractivity contribution >= 4 is 27.5 Å². The lowest BCUT2D eigenvalue weighted by molar-refractivity contribution is 0.435. The van der Waals surface area contributed by atoms with Gasteiger partial charge in [0, 0.05) is 18.8 Å². The maximum absolute atomic E-state index is 5.72. The number of hydrogen-bond acceptors (Lipinski definition) is 4. The zero-order valence-electron chi connectivity index (χ0n) is 10.8. The summed E-state index contributed by atoms with van der Waals surface area (Å²) in [6.07, 6.45) is 6.61. The molecule has 102 valence electrons. The molecule has 1 fully saturated rings. The fourth-order valence-corrected chi connectivity index (χ4v) is 3.16. The molecule has 1 saturated heterocycles. The number of halogens is 1. The van der Waals surface area contributed by atoms with Gasteiger partial charge in [0.25, 0.3) is 0 Å². The van der Waals surface area contributed by atoms with E-state index in [1.54, 1.807) is 0 Å². The van der Waals surface area contributed by atoms with Crippen LogP contribution in [0, 0.1) is 0 Å². The average molecular weight is 324 g/mol. The van der Waals surface area contributed by atoms with E-state index in [4.69, 9.17) is 5.73 Å². The van der Waals surface area contributed by atoms with E-state index in [0.717, 1.165) is 35.6 Å². The number of nitrogens with zero attached hydrogens (tertiary/aromatic N) is 4. The molecule has 2 N–H and O–H groups in total. The number of aromatic nitrogens is 3. The van der Waals surface area contributed by atoms with Crippen LogP contribution in [0.1, 0.15) is 25.7 Å². The lowest BCUT2D eigenvalue weighted by atomic mass is 10.00. The Morgan fingerprint density at radius 1 is 1.42 bits per heavy atom. The van der Waals surface area contributed by atoms with Gasteiger partial charge < -0.3 is 10.6 Å². The molecule has 2 aromatic heterocycles. The molecular formula is C13H18BrN5. The van der Waals surface area contributed by atoms with Gasteiger partial charge in [-0.1, -0.05) is 0 Å². The van der Waals surface area contributed by atoms with E-state index in [0.29, 0.717) is 6.04 Å². The molecule has 2 aromatic rings. The van der Waals surface area contributed by atoms with Crippen molar-refractivity contribution in [1.82, 2.24) is 14.6 Å². The van der Waals surface area contributed by atoms with Crippen LogP contribution in [-0.2, 0) is 0 Å². The van der Waals surface area contributed by atoms with E-state index >= 15 is 0 Å². The number of nitrogens with two attached hydrogens (primary N) is 1. The molecule has 19 heavy (non-hydrogen) atoms. The molecule has 3 heterocycles. The monoisotopic (exact) mass is 323 g/mol. The highest BCUT2D eigenvalue weighted by molar-refractivity contribution is 9.10. The summed E-state index contributed by atoms with van der Waals surface area (Å²) in [6, 6.07) is 4.43. The first-order valence-corrected chi connectivity index (χ1v) is 7.56. The third-order valence-electron chi connectivity index (χ3n) is 3.69. The van der Waals surface area contributed by atoms with Crippen molar-refractivity contribution in [3.63, 3.8) is 0 Å². The van der Waals surface area contributed by atoms with Gasteiger partial charge in [-0.05, 0) is 60.3 Å². The Bertz CT molecular complexity index is 565. The van der Waals surface area contributed by atoms with Crippen LogP contribution in [-0.4, -0.2) is 33.7 Å². The second kappa shape index (κ2) is 5.46. The van der Waals surface area contributed by atoms with E-state index in [-0.39, 0.29) is 0 Å². The summed E-state index contributed by atoms with van der Waals surface area (Å²) in [5, 5.41) is 4.59. The molecule has 1 aliphatic heterocycles. The van der Waals surface area contributed by atoms with Crippen LogP contribution in [0.3, 0.4) is 0 Å². The van der Waals surface area contributed by atoms with Crippen molar-refractivity contribution in [2.75, 3.05) is 18.0 Å². The topological polar surface area (TPSA) is 59.5 Å². The fourth-order valence-electron chi connectivity index (χ4n) is 2.74. The van der Waals surface area contributed by atoms with Crippen LogP contribution in [0.25, 0.3) is 5.65 Å². The Kier molecular flexibility index (Phi) is 3.70. The first-order chi connectivity index (χ1) is 9.29. The van der Waals surface area contributed by atoms with Gasteiger partial charge >= 0.3 is 0 Å². The van der Waals surface area contributed by atoms with E-state index in [1.807, 2.05) is 22.8 Å². The summed E-state index contributed by atoms with van der Waals surface area (Å²) in [5.41, 5.74) is 6.59. The summed E-state index contributed by atoms with van der Waals surface area (Å²) in [7, 11) is 0. The molecule has 6 heteroatoms. The van der Waals surface area contributed by atoms with E-state index in [1.165, 1.54) is 19.3 Å². The lowest BCUT2D eigenvalue weighted by Crippen LogP contribution is -2.41. The minimum Gasteiger partial charge on any atom is -0.336 e. The highest BCUT2D eigenvalue weighted by Crippen LogP contribution is 2.25. The van der Waals surface area contributed by atoms with Crippen LogP contribution < -0.4 is 10.6 Å². The van der Waals surface area contributed by atoms with Gasteiger partial charge in [0.15, 0.2) is 5.65 Å². The molecule has 1 atom stereocenters. The second-order valence-corrected chi connectivity index (χ2v) is 5.81. The summed E-state index contributed by atoms with van der Waals surface area (Å²) in [4.78, 5) is 6.97. The lowest BCUT2D eigenvalue weighted by Gasteiger charge is -2.34. The van der Waals surface area contributed by atoms with Crippen LogP contribution >= 0.6 is 15.9 Å². The van der Waals surface area contributed by atoms with Gasteiger partial charge in [0.1, 0.15) is 0 Å². The zero-order valence-corrected chi connectivity index (χ0v) is 12.4. The Hall–Kier alpha value is -1.14. The van der Waals surface area contributed by atoms with Crippen molar-refractivity contribution in [2.24, 2.45) is 5.73 Å². The molecule has 0 bridgehead atoms. The zero-order chi connectivity index (χ0) is 13.2. The third-order valence-corrected chi connectivity index (χ3v) is 4.31. The summed E-state index contributed by atoms with van der Waals surface area (Å²) >= 11 is 3.52. The standard InChI is InChI=1S/C13H18BrN5/c14-11-5-3-9-19-12(11)16-13(17-19)18-8-2-1-4-10(18)6-7-15/h3,5,9-10H,1-2,4,6-8,15H2. The minimum absolute atomic E-state index is 0.481. The van der Waals surface area contributed by atoms with Crippen LogP contribution in [0.2, 0.25) is 0 Å². The molecule has 0 aliphatic carbocycles. The van der Waals surface area contributed by atoms with Crippen molar-refractivity contribution in [2.45, 2.75) is 31.7 Å². The Morgan fingerprint density at radius 3 is 3.11 bits per heavy atom. The predicted octanol–water partition coefficient (Wildman–Crippen LogP) is 2.20. The van der Waals surface area contributed by atoms with Crippen molar-refractivity contribution in [3.05, 3.63) is 22.8 Å². The second-order valence-electron chi connectivity index (χ2n) is 4.96. The fraction of sp³-hybridized carbons (Fsp3) is 0.538. The van der Waals surface area contributed by atoms with E-state index < -0.39 is 0 Å². The van der Waals surface area contributed by atoms with Gasteiger partial charge in [-0.15, -0.1) is 5.10 Å². The van der Waals surface area contributed by atoms with Gasteiger partial charge in [-0.2, -0.15) is 4.98 Å². The summed E-state index contributed by atoms with van der Waals surface area (Å²) in [6.45, 7) is 1.75. The van der Waals surface area contributed by atoms with Crippen molar-refractivity contribution in [1.29, 1.82) is 0 Å². The normalized spacial score (nSPS) is 20.1. The van der Waals surface area contributed by atoms with Crippen LogP contribution in [0.5, 0.6) is 0 Å². The summed E-state index contributed by atoms with van der Waals surface area (Å²) in [5.74, 6) is 0.824. The largest absolute Gasteiger partial charge is 0.336 e. The number of piperidine rings is 1. The number of pyridine rings is 1. The smallest absolute Gasteiger partial charge is 0.245 e. The molecule has 3 rings (SSSR count).